The Bertz CT molecular complexity index is 1430. The Balaban J connectivity index is 1.45. The van der Waals surface area contributed by atoms with E-state index >= 15 is 0 Å². The number of nitro groups is 1. The largest absolute Gasteiger partial charge is 0.378 e. The summed E-state index contributed by atoms with van der Waals surface area (Å²) in [7, 11) is 0. The maximum absolute atomic E-state index is 11.5. The summed E-state index contributed by atoms with van der Waals surface area (Å²) in [5, 5.41) is 18.1. The van der Waals surface area contributed by atoms with Crippen LogP contribution in [0.5, 0.6) is 0 Å². The molecule has 0 fully saturated rings. The van der Waals surface area contributed by atoms with Crippen LogP contribution in [0, 0.1) is 16.0 Å². The van der Waals surface area contributed by atoms with Crippen molar-refractivity contribution in [3.05, 3.63) is 116 Å². The number of aryl methyl sites for hydroxylation is 2. The van der Waals surface area contributed by atoms with Gasteiger partial charge in [-0.2, -0.15) is 0 Å². The zero-order chi connectivity index (χ0) is 21.4. The number of non-ortho nitro benzene ring substituents is 1. The van der Waals surface area contributed by atoms with E-state index in [1.54, 1.807) is 12.1 Å². The van der Waals surface area contributed by atoms with Gasteiger partial charge in [-0.1, -0.05) is 54.6 Å². The summed E-state index contributed by atoms with van der Waals surface area (Å²) >= 11 is 0. The predicted molar refractivity (Wildman–Crippen MR) is 126 cm³/mol. The molecule has 1 aliphatic heterocycles. The van der Waals surface area contributed by atoms with Crippen molar-refractivity contribution in [1.82, 2.24) is 0 Å². The molecule has 0 saturated carbocycles. The molecule has 4 aromatic rings. The lowest BCUT2D eigenvalue weighted by Gasteiger charge is -2.38. The lowest BCUT2D eigenvalue weighted by molar-refractivity contribution is -0.384. The number of nitro benzene ring substituents is 1. The molecule has 4 aromatic carbocycles. The second-order valence-electron chi connectivity index (χ2n) is 9.35. The van der Waals surface area contributed by atoms with Crippen LogP contribution in [-0.2, 0) is 19.3 Å². The lowest BCUT2D eigenvalue weighted by Crippen LogP contribution is -2.30. The Morgan fingerprint density at radius 1 is 0.812 bits per heavy atom. The average Bonchev–Trinajstić information content (AvgIpc) is 3.42. The number of hydrogen-bond donors (Lipinski definition) is 1. The van der Waals surface area contributed by atoms with Crippen LogP contribution in [-0.4, -0.2) is 4.92 Å². The summed E-state index contributed by atoms with van der Waals surface area (Å²) in [5.74, 6) is 0.482. The molecule has 156 valence electrons. The molecule has 4 heteroatoms. The second kappa shape index (κ2) is 6.42. The summed E-state index contributed by atoms with van der Waals surface area (Å²) in [5.41, 5.74) is 9.17. The Morgan fingerprint density at radius 3 is 2.50 bits per heavy atom. The molecule has 0 aromatic heterocycles. The van der Waals surface area contributed by atoms with Gasteiger partial charge < -0.3 is 5.32 Å². The number of anilines is 1. The fourth-order valence-corrected chi connectivity index (χ4v) is 6.51. The summed E-state index contributed by atoms with van der Waals surface area (Å²) in [6.07, 6.45) is 3.22. The fourth-order valence-electron chi connectivity index (χ4n) is 6.51. The molecule has 0 unspecified atom stereocenters. The van der Waals surface area contributed by atoms with E-state index in [-0.39, 0.29) is 22.6 Å². The van der Waals surface area contributed by atoms with Crippen LogP contribution in [0.4, 0.5) is 11.4 Å². The van der Waals surface area contributed by atoms with E-state index in [2.05, 4.69) is 59.9 Å². The highest BCUT2D eigenvalue weighted by atomic mass is 16.6. The van der Waals surface area contributed by atoms with E-state index in [1.165, 1.54) is 38.6 Å². The minimum Gasteiger partial charge on any atom is -0.378 e. The Hall–Kier alpha value is -3.66. The van der Waals surface area contributed by atoms with Gasteiger partial charge in [0.15, 0.2) is 0 Å². The third-order valence-electron chi connectivity index (χ3n) is 7.84. The summed E-state index contributed by atoms with van der Waals surface area (Å²) < 4.78 is 0. The highest BCUT2D eigenvalue weighted by Crippen LogP contribution is 2.55. The van der Waals surface area contributed by atoms with Crippen molar-refractivity contribution in [3.63, 3.8) is 0 Å². The SMILES string of the molecule is O=[N+]([O-])c1ccc2c(c1)[C@@H]1c3ccccc3C[C@@H]1[C@H](c1ccc3c4c(cccc14)CC3)N2. The van der Waals surface area contributed by atoms with Crippen molar-refractivity contribution in [2.24, 2.45) is 5.92 Å². The first-order valence-corrected chi connectivity index (χ1v) is 11.3. The fraction of sp³-hybridized carbons (Fsp3) is 0.214. The van der Waals surface area contributed by atoms with Gasteiger partial charge in [-0.25, -0.2) is 0 Å². The molecule has 0 saturated heterocycles. The van der Waals surface area contributed by atoms with E-state index in [0.717, 1.165) is 30.5 Å². The average molecular weight is 418 g/mol. The van der Waals surface area contributed by atoms with Crippen LogP contribution >= 0.6 is 0 Å². The van der Waals surface area contributed by atoms with Crippen molar-refractivity contribution in [2.45, 2.75) is 31.2 Å². The number of nitrogens with zero attached hydrogens (tertiary/aromatic N) is 1. The van der Waals surface area contributed by atoms with Gasteiger partial charge >= 0.3 is 0 Å². The maximum atomic E-state index is 11.5. The van der Waals surface area contributed by atoms with E-state index in [4.69, 9.17) is 0 Å². The molecule has 0 radical (unpaired) electrons. The van der Waals surface area contributed by atoms with Gasteiger partial charge in [-0.05, 0) is 75.4 Å². The van der Waals surface area contributed by atoms with Gasteiger partial charge in [0.05, 0.1) is 11.0 Å². The molecular weight excluding hydrogens is 396 g/mol. The number of fused-ring (bicyclic) bond motifs is 5. The van der Waals surface area contributed by atoms with Gasteiger partial charge in [0.25, 0.3) is 5.69 Å². The zero-order valence-corrected chi connectivity index (χ0v) is 17.5. The Morgan fingerprint density at radius 2 is 1.62 bits per heavy atom. The van der Waals surface area contributed by atoms with E-state index in [9.17, 15) is 10.1 Å². The van der Waals surface area contributed by atoms with Crippen LogP contribution in [0.1, 0.15) is 45.3 Å². The molecule has 32 heavy (non-hydrogen) atoms. The van der Waals surface area contributed by atoms with Gasteiger partial charge in [-0.3, -0.25) is 10.1 Å². The Kier molecular flexibility index (Phi) is 3.61. The van der Waals surface area contributed by atoms with E-state index in [0.29, 0.717) is 5.92 Å². The number of benzene rings is 4. The topological polar surface area (TPSA) is 55.2 Å². The third kappa shape index (κ3) is 2.38. The molecule has 0 bridgehead atoms. The molecule has 0 spiro atoms. The lowest BCUT2D eigenvalue weighted by atomic mass is 9.74. The first-order valence-electron chi connectivity index (χ1n) is 11.3. The molecule has 1 heterocycles. The minimum atomic E-state index is -0.286. The normalized spacial score (nSPS) is 22.2. The molecule has 0 amide bonds. The van der Waals surface area contributed by atoms with Crippen LogP contribution in [0.15, 0.2) is 72.8 Å². The molecule has 3 aliphatic rings. The summed E-state index contributed by atoms with van der Waals surface area (Å²) in [6, 6.07) is 25.4. The molecular formula is C28H22N2O2. The Labute approximate surface area is 186 Å². The van der Waals surface area contributed by atoms with E-state index < -0.39 is 0 Å². The first kappa shape index (κ1) is 18.0. The minimum absolute atomic E-state index is 0.159. The molecule has 7 rings (SSSR count). The highest BCUT2D eigenvalue weighted by Gasteiger charge is 2.44. The standard InChI is InChI=1S/C28H22N2O2/c31-30(32)19-11-13-25-23(15-19)27-20-6-2-1-4-18(20)14-24(27)28(29-25)22-12-10-17-9-8-16-5-3-7-21(22)26(16)17/h1-7,10-13,15,24,27-29H,8-9,14H2/t24-,27-,28-/m0/s1. The third-order valence-corrected chi connectivity index (χ3v) is 7.84. The highest BCUT2D eigenvalue weighted by molar-refractivity contribution is 5.94. The van der Waals surface area contributed by atoms with Crippen molar-refractivity contribution >= 4 is 22.1 Å². The van der Waals surface area contributed by atoms with Gasteiger partial charge in [0, 0.05) is 23.7 Å². The van der Waals surface area contributed by atoms with Gasteiger partial charge in [0.1, 0.15) is 0 Å². The number of hydrogen-bond acceptors (Lipinski definition) is 3. The van der Waals surface area contributed by atoms with Crippen LogP contribution in [0.3, 0.4) is 0 Å². The van der Waals surface area contributed by atoms with Crippen molar-refractivity contribution in [3.8, 4) is 0 Å². The number of rotatable bonds is 2. The van der Waals surface area contributed by atoms with Gasteiger partial charge in [-0.15, -0.1) is 0 Å². The molecule has 4 nitrogen and oxygen atoms in total. The first-order chi connectivity index (χ1) is 15.7. The monoisotopic (exact) mass is 418 g/mol. The quantitative estimate of drug-likeness (QED) is 0.306. The number of nitrogens with one attached hydrogen (secondary N) is 1. The van der Waals surface area contributed by atoms with Gasteiger partial charge in [0.2, 0.25) is 0 Å². The predicted octanol–water partition coefficient (Wildman–Crippen LogP) is 6.32. The maximum Gasteiger partial charge on any atom is 0.269 e. The summed E-state index contributed by atoms with van der Waals surface area (Å²) in [4.78, 5) is 11.2. The van der Waals surface area contributed by atoms with Crippen LogP contribution in [0.25, 0.3) is 10.8 Å². The molecule has 1 N–H and O–H groups in total. The van der Waals surface area contributed by atoms with Crippen molar-refractivity contribution < 1.29 is 4.92 Å². The zero-order valence-electron chi connectivity index (χ0n) is 17.5. The molecule has 3 atom stereocenters. The second-order valence-corrected chi connectivity index (χ2v) is 9.35. The van der Waals surface area contributed by atoms with Crippen LogP contribution < -0.4 is 5.32 Å². The van der Waals surface area contributed by atoms with Crippen molar-refractivity contribution in [1.29, 1.82) is 0 Å². The molecule has 2 aliphatic carbocycles. The summed E-state index contributed by atoms with van der Waals surface area (Å²) in [6.45, 7) is 0. The van der Waals surface area contributed by atoms with E-state index in [1.807, 2.05) is 6.07 Å². The van der Waals surface area contributed by atoms with Crippen LogP contribution in [0.2, 0.25) is 0 Å². The smallest absolute Gasteiger partial charge is 0.269 e. The van der Waals surface area contributed by atoms with Crippen molar-refractivity contribution in [2.75, 3.05) is 5.32 Å².